The van der Waals surface area contributed by atoms with Gasteiger partial charge in [-0.15, -0.1) is 11.3 Å². The average Bonchev–Trinajstić information content (AvgIpc) is 2.98. The van der Waals surface area contributed by atoms with Crippen LogP contribution in [0.2, 0.25) is 0 Å². The van der Waals surface area contributed by atoms with E-state index in [1.165, 1.54) is 11.3 Å². The number of hydrogen-bond acceptors (Lipinski definition) is 6. The van der Waals surface area contributed by atoms with Crippen LogP contribution in [0.5, 0.6) is 0 Å². The molecular weight excluding hydrogens is 376 g/mol. The molecule has 0 bridgehead atoms. The van der Waals surface area contributed by atoms with Crippen LogP contribution in [0.4, 0.5) is 5.00 Å². The van der Waals surface area contributed by atoms with Crippen molar-refractivity contribution in [1.29, 1.82) is 0 Å². The summed E-state index contributed by atoms with van der Waals surface area (Å²) < 4.78 is 5.22. The van der Waals surface area contributed by atoms with E-state index in [-0.39, 0.29) is 25.2 Å². The van der Waals surface area contributed by atoms with Gasteiger partial charge in [0, 0.05) is 11.4 Å². The number of esters is 1. The highest BCUT2D eigenvalue weighted by atomic mass is 32.1. The Bertz CT molecular complexity index is 834. The molecule has 150 valence electrons. The predicted octanol–water partition coefficient (Wildman–Crippen LogP) is 3.30. The van der Waals surface area contributed by atoms with E-state index in [1.54, 1.807) is 6.92 Å². The number of amides is 1. The largest absolute Gasteiger partial charge is 0.462 e. The average molecular weight is 403 g/mol. The Morgan fingerprint density at radius 2 is 2.07 bits per heavy atom. The summed E-state index contributed by atoms with van der Waals surface area (Å²) in [6.45, 7) is 5.38. The summed E-state index contributed by atoms with van der Waals surface area (Å²) in [7, 11) is 0. The molecule has 1 aromatic heterocycles. The summed E-state index contributed by atoms with van der Waals surface area (Å²) in [5.74, 6) is -0.623. The first kappa shape index (κ1) is 20.5. The molecule has 0 saturated carbocycles. The SMILES string of the molecule is CCOC(=O)c1c(NC(=O)CN2CCCC(O)C2)sc(-c2ccccc2)c1C. The number of thiophene rings is 1. The van der Waals surface area contributed by atoms with Crippen LogP contribution in [0.3, 0.4) is 0 Å². The Labute approximate surface area is 169 Å². The van der Waals surface area contributed by atoms with Crippen LogP contribution >= 0.6 is 11.3 Å². The first-order valence-electron chi connectivity index (χ1n) is 9.55. The standard InChI is InChI=1S/C21H26N2O4S/c1-3-27-21(26)18-14(2)19(15-8-5-4-6-9-15)28-20(18)22-17(25)13-23-11-7-10-16(24)12-23/h4-6,8-9,16,24H,3,7,10-13H2,1-2H3,(H,22,25). The van der Waals surface area contributed by atoms with Crippen molar-refractivity contribution in [2.24, 2.45) is 0 Å². The molecule has 1 fully saturated rings. The molecule has 0 radical (unpaired) electrons. The Hall–Kier alpha value is -2.22. The molecule has 1 amide bonds. The Morgan fingerprint density at radius 3 is 2.75 bits per heavy atom. The number of benzene rings is 1. The summed E-state index contributed by atoms with van der Waals surface area (Å²) in [4.78, 5) is 28.0. The number of likely N-dealkylation sites (tertiary alicyclic amines) is 1. The zero-order valence-corrected chi connectivity index (χ0v) is 17.1. The van der Waals surface area contributed by atoms with Crippen molar-refractivity contribution in [3.05, 3.63) is 41.5 Å². The van der Waals surface area contributed by atoms with Gasteiger partial charge < -0.3 is 15.2 Å². The van der Waals surface area contributed by atoms with Crippen molar-refractivity contribution in [3.8, 4) is 10.4 Å². The number of nitrogens with zero attached hydrogens (tertiary/aromatic N) is 1. The van der Waals surface area contributed by atoms with Crippen LogP contribution < -0.4 is 5.32 Å². The molecule has 28 heavy (non-hydrogen) atoms. The fourth-order valence-electron chi connectivity index (χ4n) is 3.46. The second-order valence-electron chi connectivity index (χ2n) is 6.93. The number of aliphatic hydroxyl groups is 1. The van der Waals surface area contributed by atoms with E-state index >= 15 is 0 Å². The number of rotatable bonds is 6. The molecule has 2 aromatic rings. The van der Waals surface area contributed by atoms with Crippen molar-refractivity contribution in [2.45, 2.75) is 32.8 Å². The molecule has 7 heteroatoms. The molecule has 1 saturated heterocycles. The maximum absolute atomic E-state index is 12.6. The third-order valence-corrected chi connectivity index (χ3v) is 6.02. The number of carbonyl (C=O) groups is 2. The minimum absolute atomic E-state index is 0.191. The second-order valence-corrected chi connectivity index (χ2v) is 7.95. The molecule has 0 aliphatic carbocycles. The molecule has 1 aliphatic heterocycles. The van der Waals surface area contributed by atoms with E-state index < -0.39 is 5.97 Å². The van der Waals surface area contributed by atoms with E-state index in [4.69, 9.17) is 4.74 Å². The quantitative estimate of drug-likeness (QED) is 0.725. The van der Waals surface area contributed by atoms with Gasteiger partial charge in [0.2, 0.25) is 5.91 Å². The fourth-order valence-corrected chi connectivity index (χ4v) is 4.68. The highest BCUT2D eigenvalue weighted by molar-refractivity contribution is 7.20. The van der Waals surface area contributed by atoms with E-state index in [2.05, 4.69) is 5.32 Å². The third-order valence-electron chi connectivity index (χ3n) is 4.76. The minimum Gasteiger partial charge on any atom is -0.462 e. The van der Waals surface area contributed by atoms with Crippen molar-refractivity contribution in [1.82, 2.24) is 4.90 Å². The van der Waals surface area contributed by atoms with Gasteiger partial charge in [-0.2, -0.15) is 0 Å². The summed E-state index contributed by atoms with van der Waals surface area (Å²) in [5.41, 5.74) is 2.21. The van der Waals surface area contributed by atoms with Gasteiger partial charge in [0.25, 0.3) is 0 Å². The van der Waals surface area contributed by atoms with E-state index in [9.17, 15) is 14.7 Å². The Morgan fingerprint density at radius 1 is 1.32 bits per heavy atom. The van der Waals surface area contributed by atoms with Gasteiger partial charge >= 0.3 is 5.97 Å². The Kier molecular flexibility index (Phi) is 6.83. The van der Waals surface area contributed by atoms with Gasteiger partial charge in [0.05, 0.1) is 24.8 Å². The molecule has 1 atom stereocenters. The maximum atomic E-state index is 12.6. The lowest BCUT2D eigenvalue weighted by Crippen LogP contribution is -2.42. The molecule has 1 aliphatic rings. The molecule has 6 nitrogen and oxygen atoms in total. The highest BCUT2D eigenvalue weighted by Crippen LogP contribution is 2.40. The number of carbonyl (C=O) groups excluding carboxylic acids is 2. The highest BCUT2D eigenvalue weighted by Gasteiger charge is 2.25. The van der Waals surface area contributed by atoms with Gasteiger partial charge in [-0.05, 0) is 44.4 Å². The monoisotopic (exact) mass is 402 g/mol. The van der Waals surface area contributed by atoms with Gasteiger partial charge in [-0.1, -0.05) is 30.3 Å². The normalized spacial score (nSPS) is 17.3. The van der Waals surface area contributed by atoms with Crippen LogP contribution in [0, 0.1) is 6.92 Å². The Balaban J connectivity index is 1.84. The van der Waals surface area contributed by atoms with E-state index in [1.807, 2.05) is 42.2 Å². The number of ether oxygens (including phenoxy) is 1. The van der Waals surface area contributed by atoms with Gasteiger partial charge in [0.1, 0.15) is 5.00 Å². The van der Waals surface area contributed by atoms with Crippen LogP contribution in [-0.4, -0.2) is 54.2 Å². The smallest absolute Gasteiger partial charge is 0.341 e. The van der Waals surface area contributed by atoms with E-state index in [0.29, 0.717) is 17.1 Å². The van der Waals surface area contributed by atoms with Crippen LogP contribution in [0.15, 0.2) is 30.3 Å². The molecule has 0 spiro atoms. The number of piperidine rings is 1. The fraction of sp³-hybridized carbons (Fsp3) is 0.429. The summed E-state index contributed by atoms with van der Waals surface area (Å²) in [6, 6.07) is 9.79. The lowest BCUT2D eigenvalue weighted by molar-refractivity contribution is -0.117. The first-order chi connectivity index (χ1) is 13.5. The van der Waals surface area contributed by atoms with Gasteiger partial charge in [-0.25, -0.2) is 4.79 Å². The van der Waals surface area contributed by atoms with Gasteiger partial charge in [0.15, 0.2) is 0 Å². The molecule has 1 aromatic carbocycles. The molecule has 2 N–H and O–H groups in total. The molecular formula is C21H26N2O4S. The lowest BCUT2D eigenvalue weighted by atomic mass is 10.1. The van der Waals surface area contributed by atoms with Crippen LogP contribution in [-0.2, 0) is 9.53 Å². The van der Waals surface area contributed by atoms with Crippen molar-refractivity contribution >= 4 is 28.2 Å². The van der Waals surface area contributed by atoms with Crippen molar-refractivity contribution in [3.63, 3.8) is 0 Å². The van der Waals surface area contributed by atoms with Gasteiger partial charge in [-0.3, -0.25) is 9.69 Å². The van der Waals surface area contributed by atoms with E-state index in [0.717, 1.165) is 35.4 Å². The zero-order valence-electron chi connectivity index (χ0n) is 16.2. The molecule has 1 unspecified atom stereocenters. The van der Waals surface area contributed by atoms with Crippen LogP contribution in [0.1, 0.15) is 35.7 Å². The third kappa shape index (κ3) is 4.79. The predicted molar refractivity (Wildman–Crippen MR) is 111 cm³/mol. The summed E-state index contributed by atoms with van der Waals surface area (Å²) in [5, 5.41) is 13.2. The summed E-state index contributed by atoms with van der Waals surface area (Å²) in [6.07, 6.45) is 1.26. The zero-order chi connectivity index (χ0) is 20.1. The topological polar surface area (TPSA) is 78.9 Å². The number of hydrogen-bond donors (Lipinski definition) is 2. The maximum Gasteiger partial charge on any atom is 0.341 e. The number of β-amino-alcohol motifs (C(OH)–C–C–N with tert-alkyl or cyclic N) is 1. The number of aliphatic hydroxyl groups excluding tert-OH is 1. The van der Waals surface area contributed by atoms with Crippen LogP contribution in [0.25, 0.3) is 10.4 Å². The molecule has 2 heterocycles. The minimum atomic E-state index is -0.429. The number of nitrogens with one attached hydrogen (secondary N) is 1. The summed E-state index contributed by atoms with van der Waals surface area (Å²) >= 11 is 1.38. The lowest BCUT2D eigenvalue weighted by Gasteiger charge is -2.29. The first-order valence-corrected chi connectivity index (χ1v) is 10.4. The molecule has 3 rings (SSSR count). The number of anilines is 1. The van der Waals surface area contributed by atoms with Crippen molar-refractivity contribution in [2.75, 3.05) is 31.6 Å². The van der Waals surface area contributed by atoms with Crippen molar-refractivity contribution < 1.29 is 19.4 Å². The second kappa shape index (κ2) is 9.32.